The predicted molar refractivity (Wildman–Crippen MR) is 114 cm³/mol. The Morgan fingerprint density at radius 3 is 2.23 bits per heavy atom. The number of alkyl halides is 3. The van der Waals surface area contributed by atoms with Gasteiger partial charge in [0.1, 0.15) is 0 Å². The fourth-order valence-corrected chi connectivity index (χ4v) is 5.18. The molecule has 1 aromatic rings. The van der Waals surface area contributed by atoms with E-state index < -0.39 is 21.8 Å². The molecule has 2 rings (SSSR count). The first-order valence-electron chi connectivity index (χ1n) is 10.6. The highest BCUT2D eigenvalue weighted by molar-refractivity contribution is 7.89. The number of hydrogen-bond donors (Lipinski definition) is 1. The maximum absolute atomic E-state index is 12.8. The Morgan fingerprint density at radius 2 is 1.71 bits per heavy atom. The summed E-state index contributed by atoms with van der Waals surface area (Å²) >= 11 is 0. The summed E-state index contributed by atoms with van der Waals surface area (Å²) < 4.78 is 65.1. The van der Waals surface area contributed by atoms with Crippen molar-refractivity contribution >= 4 is 10.0 Å². The Kier molecular flexibility index (Phi) is 9.37. The molecule has 0 bridgehead atoms. The summed E-state index contributed by atoms with van der Waals surface area (Å²) in [6.07, 6.45) is -0.850. The highest BCUT2D eigenvalue weighted by atomic mass is 32.2. The number of hydrogen-bond acceptors (Lipinski definition) is 4. The van der Waals surface area contributed by atoms with Gasteiger partial charge in [0, 0.05) is 38.5 Å². The van der Waals surface area contributed by atoms with Crippen molar-refractivity contribution in [3.8, 4) is 11.8 Å². The van der Waals surface area contributed by atoms with Crippen LogP contribution >= 0.6 is 0 Å². The molecule has 1 aliphatic carbocycles. The molecular formula is C22H31F3N2O3S. The molecule has 31 heavy (non-hydrogen) atoms. The van der Waals surface area contributed by atoms with Crippen molar-refractivity contribution in [1.82, 2.24) is 9.21 Å². The SMILES string of the molecule is CCN(CCO)CCC#C[C@H]1CC[C@H](N(C)S(=O)(=O)c2ccc(C(F)(F)F)cc2)CC1. The minimum Gasteiger partial charge on any atom is -0.395 e. The molecule has 0 amide bonds. The quantitative estimate of drug-likeness (QED) is 0.603. The van der Waals surface area contributed by atoms with Gasteiger partial charge in [-0.2, -0.15) is 17.5 Å². The summed E-state index contributed by atoms with van der Waals surface area (Å²) in [4.78, 5) is 2.00. The van der Waals surface area contributed by atoms with Gasteiger partial charge >= 0.3 is 6.18 Å². The molecule has 1 aromatic carbocycles. The van der Waals surface area contributed by atoms with Crippen LogP contribution in [-0.2, 0) is 16.2 Å². The molecule has 0 atom stereocenters. The normalized spacial score (nSPS) is 20.0. The van der Waals surface area contributed by atoms with Gasteiger partial charge in [-0.1, -0.05) is 12.8 Å². The average molecular weight is 461 g/mol. The fraction of sp³-hybridized carbons (Fsp3) is 0.636. The van der Waals surface area contributed by atoms with Crippen molar-refractivity contribution in [2.24, 2.45) is 5.92 Å². The number of likely N-dealkylation sites (N-methyl/N-ethyl adjacent to an activating group) is 1. The zero-order valence-electron chi connectivity index (χ0n) is 18.0. The molecule has 1 saturated carbocycles. The molecule has 0 radical (unpaired) electrons. The summed E-state index contributed by atoms with van der Waals surface area (Å²) in [5, 5.41) is 9.00. The van der Waals surface area contributed by atoms with Crippen LogP contribution in [0.15, 0.2) is 29.2 Å². The van der Waals surface area contributed by atoms with E-state index in [0.717, 1.165) is 56.6 Å². The van der Waals surface area contributed by atoms with Gasteiger partial charge in [0.05, 0.1) is 17.1 Å². The zero-order valence-corrected chi connectivity index (χ0v) is 18.8. The molecular weight excluding hydrogens is 429 g/mol. The van der Waals surface area contributed by atoms with Crippen molar-refractivity contribution in [3.63, 3.8) is 0 Å². The summed E-state index contributed by atoms with van der Waals surface area (Å²) in [7, 11) is -2.36. The first-order valence-corrected chi connectivity index (χ1v) is 12.0. The van der Waals surface area contributed by atoms with E-state index in [9.17, 15) is 21.6 Å². The van der Waals surface area contributed by atoms with E-state index in [1.807, 2.05) is 6.92 Å². The molecule has 0 heterocycles. The van der Waals surface area contributed by atoms with Crippen molar-refractivity contribution in [3.05, 3.63) is 29.8 Å². The lowest BCUT2D eigenvalue weighted by Gasteiger charge is -2.32. The second-order valence-electron chi connectivity index (χ2n) is 7.78. The Balaban J connectivity index is 1.90. The van der Waals surface area contributed by atoms with E-state index >= 15 is 0 Å². The number of aliphatic hydroxyl groups excluding tert-OH is 1. The summed E-state index contributed by atoms with van der Waals surface area (Å²) in [6, 6.07) is 3.44. The van der Waals surface area contributed by atoms with Crippen molar-refractivity contribution < 1.29 is 26.7 Å². The second kappa shape index (κ2) is 11.3. The maximum Gasteiger partial charge on any atom is 0.416 e. The van der Waals surface area contributed by atoms with E-state index in [0.29, 0.717) is 19.4 Å². The molecule has 0 unspecified atom stereocenters. The second-order valence-corrected chi connectivity index (χ2v) is 9.78. The molecule has 1 N–H and O–H groups in total. The fourth-order valence-electron chi connectivity index (χ4n) is 3.76. The number of benzene rings is 1. The van der Waals surface area contributed by atoms with Gasteiger partial charge in [-0.25, -0.2) is 8.42 Å². The number of rotatable bonds is 8. The van der Waals surface area contributed by atoms with Crippen LogP contribution in [0.2, 0.25) is 0 Å². The molecule has 174 valence electrons. The van der Waals surface area contributed by atoms with Crippen molar-refractivity contribution in [1.29, 1.82) is 0 Å². The van der Waals surface area contributed by atoms with Crippen LogP contribution in [0.3, 0.4) is 0 Å². The number of nitrogens with zero attached hydrogens (tertiary/aromatic N) is 2. The Bertz CT molecular complexity index is 853. The maximum atomic E-state index is 12.8. The van der Waals surface area contributed by atoms with Gasteiger partial charge in [0.15, 0.2) is 0 Å². The first-order chi connectivity index (χ1) is 14.6. The van der Waals surface area contributed by atoms with E-state index in [-0.39, 0.29) is 23.5 Å². The third-order valence-corrected chi connectivity index (χ3v) is 7.72. The van der Waals surface area contributed by atoms with Gasteiger partial charge in [-0.05, 0) is 56.5 Å². The topological polar surface area (TPSA) is 60.9 Å². The lowest BCUT2D eigenvalue weighted by molar-refractivity contribution is -0.137. The highest BCUT2D eigenvalue weighted by Gasteiger charge is 2.33. The largest absolute Gasteiger partial charge is 0.416 e. The predicted octanol–water partition coefficient (Wildman–Crippen LogP) is 3.59. The standard InChI is InChI=1S/C22H31F3N2O3S/c1-3-27(16-17-28)15-5-4-6-18-7-11-20(12-8-18)26(2)31(29,30)21-13-9-19(10-14-21)22(23,24)25/h9-10,13-14,18,20,28H,3,5,7-8,11-12,15-17H2,1-2H3/t18-,20-. The number of halogens is 3. The van der Waals surface area contributed by atoms with Crippen LogP contribution in [0.4, 0.5) is 13.2 Å². The van der Waals surface area contributed by atoms with Crippen molar-refractivity contribution in [2.75, 3.05) is 33.3 Å². The van der Waals surface area contributed by atoms with Crippen LogP contribution in [0.25, 0.3) is 0 Å². The minimum atomic E-state index is -4.50. The molecule has 0 saturated heterocycles. The van der Waals surface area contributed by atoms with Crippen LogP contribution in [-0.4, -0.2) is 62.1 Å². The van der Waals surface area contributed by atoms with Gasteiger partial charge in [-0.3, -0.25) is 0 Å². The Morgan fingerprint density at radius 1 is 1.10 bits per heavy atom. The van der Waals surface area contributed by atoms with Crippen molar-refractivity contribution in [2.45, 2.75) is 56.1 Å². The number of aliphatic hydroxyl groups is 1. The molecule has 1 fully saturated rings. The van der Waals surface area contributed by atoms with E-state index in [1.165, 1.54) is 11.4 Å². The lowest BCUT2D eigenvalue weighted by Crippen LogP contribution is -2.39. The summed E-state index contributed by atoms with van der Waals surface area (Å²) in [6.45, 7) is 4.50. The lowest BCUT2D eigenvalue weighted by atomic mass is 9.86. The van der Waals surface area contributed by atoms with Gasteiger partial charge in [-0.15, -0.1) is 5.92 Å². The molecule has 0 spiro atoms. The first kappa shape index (κ1) is 25.7. The Hall–Kier alpha value is -1.60. The minimum absolute atomic E-state index is 0.131. The molecule has 0 aromatic heterocycles. The average Bonchev–Trinajstić information content (AvgIpc) is 2.75. The van der Waals surface area contributed by atoms with Gasteiger partial charge in [0.25, 0.3) is 0 Å². The van der Waals surface area contributed by atoms with Crippen LogP contribution in [0.1, 0.15) is 44.6 Å². The number of sulfonamides is 1. The highest BCUT2D eigenvalue weighted by Crippen LogP contribution is 2.32. The Labute approximate surface area is 183 Å². The van der Waals surface area contributed by atoms with Crippen LogP contribution in [0.5, 0.6) is 0 Å². The summed E-state index contributed by atoms with van der Waals surface area (Å²) in [5.74, 6) is 6.71. The van der Waals surface area contributed by atoms with E-state index in [4.69, 9.17) is 5.11 Å². The molecule has 5 nitrogen and oxygen atoms in total. The van der Waals surface area contributed by atoms with Gasteiger partial charge in [0.2, 0.25) is 10.0 Å². The monoisotopic (exact) mass is 460 g/mol. The smallest absolute Gasteiger partial charge is 0.395 e. The van der Waals surface area contributed by atoms with Crippen LogP contribution < -0.4 is 0 Å². The zero-order chi connectivity index (χ0) is 23.1. The third kappa shape index (κ3) is 7.21. The van der Waals surface area contributed by atoms with E-state index in [2.05, 4.69) is 16.7 Å². The molecule has 9 heteroatoms. The summed E-state index contributed by atoms with van der Waals surface area (Å²) in [5.41, 5.74) is -0.869. The van der Waals surface area contributed by atoms with Gasteiger partial charge < -0.3 is 10.0 Å². The molecule has 1 aliphatic rings. The van der Waals surface area contributed by atoms with Crippen LogP contribution in [0, 0.1) is 17.8 Å². The molecule has 0 aliphatic heterocycles. The van der Waals surface area contributed by atoms with E-state index in [1.54, 1.807) is 0 Å². The third-order valence-electron chi connectivity index (χ3n) is 5.79.